The summed E-state index contributed by atoms with van der Waals surface area (Å²) < 4.78 is 4.89. The molecule has 0 bridgehead atoms. The monoisotopic (exact) mass is 324 g/mol. The molecule has 1 aliphatic heterocycles. The van der Waals surface area contributed by atoms with Gasteiger partial charge in [0.1, 0.15) is 6.61 Å². The van der Waals surface area contributed by atoms with Crippen molar-refractivity contribution >= 4 is 29.2 Å². The molecule has 2 aromatic carbocycles. The molecule has 1 saturated heterocycles. The fourth-order valence-electron chi connectivity index (χ4n) is 2.44. The van der Waals surface area contributed by atoms with Gasteiger partial charge in [-0.05, 0) is 43.3 Å². The highest BCUT2D eigenvalue weighted by Crippen LogP contribution is 2.20. The summed E-state index contributed by atoms with van der Waals surface area (Å²) in [5.74, 6) is -0.348. The number of cyclic esters (lactones) is 1. The van der Waals surface area contributed by atoms with Crippen LogP contribution in [0.1, 0.15) is 27.6 Å². The molecule has 2 aromatic rings. The van der Waals surface area contributed by atoms with Crippen LogP contribution in [-0.2, 0) is 4.74 Å². The smallest absolute Gasteiger partial charge is 0.414 e. The third-order valence-corrected chi connectivity index (χ3v) is 3.73. The molecule has 0 radical (unpaired) electrons. The fraction of sp³-hybridized carbons (Fsp3) is 0.167. The topological polar surface area (TPSA) is 75.7 Å². The van der Waals surface area contributed by atoms with Gasteiger partial charge >= 0.3 is 6.09 Å². The fourth-order valence-corrected chi connectivity index (χ4v) is 2.44. The lowest BCUT2D eigenvalue weighted by molar-refractivity contribution is 0.101. The molecule has 0 unspecified atom stereocenters. The van der Waals surface area contributed by atoms with Crippen molar-refractivity contribution in [1.82, 2.24) is 0 Å². The van der Waals surface area contributed by atoms with Gasteiger partial charge in [-0.25, -0.2) is 4.79 Å². The first-order chi connectivity index (χ1) is 11.5. The van der Waals surface area contributed by atoms with Crippen LogP contribution in [0.4, 0.5) is 16.2 Å². The van der Waals surface area contributed by atoms with Crippen LogP contribution in [0.5, 0.6) is 0 Å². The van der Waals surface area contributed by atoms with Gasteiger partial charge in [0, 0.05) is 22.5 Å². The van der Waals surface area contributed by atoms with Gasteiger partial charge in [-0.15, -0.1) is 0 Å². The molecule has 3 rings (SSSR count). The Morgan fingerprint density at radius 2 is 1.83 bits per heavy atom. The number of carbonyl (C=O) groups excluding carboxylic acids is 3. The maximum atomic E-state index is 12.3. The Hall–Kier alpha value is -3.15. The molecule has 6 nitrogen and oxygen atoms in total. The first-order valence-electron chi connectivity index (χ1n) is 7.51. The van der Waals surface area contributed by atoms with E-state index in [-0.39, 0.29) is 17.8 Å². The van der Waals surface area contributed by atoms with Crippen LogP contribution in [-0.4, -0.2) is 30.9 Å². The van der Waals surface area contributed by atoms with E-state index in [1.54, 1.807) is 48.5 Å². The Morgan fingerprint density at radius 3 is 2.46 bits per heavy atom. The highest BCUT2D eigenvalue weighted by Gasteiger charge is 2.23. The first-order valence-corrected chi connectivity index (χ1v) is 7.51. The van der Waals surface area contributed by atoms with Crippen LogP contribution in [0.3, 0.4) is 0 Å². The van der Waals surface area contributed by atoms with E-state index < -0.39 is 0 Å². The van der Waals surface area contributed by atoms with Crippen LogP contribution < -0.4 is 10.2 Å². The van der Waals surface area contributed by atoms with Gasteiger partial charge in [-0.1, -0.05) is 12.1 Å². The van der Waals surface area contributed by atoms with E-state index in [2.05, 4.69) is 5.32 Å². The van der Waals surface area contributed by atoms with E-state index in [9.17, 15) is 14.4 Å². The molecule has 2 amide bonds. The predicted octanol–water partition coefficient (Wildman–Crippen LogP) is 3.10. The molecule has 1 heterocycles. The van der Waals surface area contributed by atoms with Gasteiger partial charge < -0.3 is 10.1 Å². The van der Waals surface area contributed by atoms with E-state index in [0.29, 0.717) is 35.7 Å². The Morgan fingerprint density at radius 1 is 1.08 bits per heavy atom. The summed E-state index contributed by atoms with van der Waals surface area (Å²) >= 11 is 0. The summed E-state index contributed by atoms with van der Waals surface area (Å²) in [6, 6.07) is 13.5. The average molecular weight is 324 g/mol. The second-order valence-corrected chi connectivity index (χ2v) is 5.40. The maximum absolute atomic E-state index is 12.3. The third-order valence-electron chi connectivity index (χ3n) is 3.73. The van der Waals surface area contributed by atoms with Gasteiger partial charge in [0.2, 0.25) is 0 Å². The van der Waals surface area contributed by atoms with E-state index >= 15 is 0 Å². The van der Waals surface area contributed by atoms with Crippen molar-refractivity contribution in [3.05, 3.63) is 59.7 Å². The summed E-state index contributed by atoms with van der Waals surface area (Å²) in [4.78, 5) is 36.7. The number of anilines is 2. The lowest BCUT2D eigenvalue weighted by atomic mass is 10.1. The highest BCUT2D eigenvalue weighted by atomic mass is 16.6. The molecule has 0 saturated carbocycles. The van der Waals surface area contributed by atoms with E-state index in [0.717, 1.165) is 0 Å². The van der Waals surface area contributed by atoms with Crippen molar-refractivity contribution in [3.63, 3.8) is 0 Å². The molecular weight excluding hydrogens is 308 g/mol. The van der Waals surface area contributed by atoms with Crippen LogP contribution in [0, 0.1) is 0 Å². The van der Waals surface area contributed by atoms with Crippen molar-refractivity contribution in [2.45, 2.75) is 6.92 Å². The predicted molar refractivity (Wildman–Crippen MR) is 89.5 cm³/mol. The molecule has 0 aliphatic carbocycles. The van der Waals surface area contributed by atoms with Crippen LogP contribution in [0.25, 0.3) is 0 Å². The van der Waals surface area contributed by atoms with Gasteiger partial charge in [-0.2, -0.15) is 0 Å². The van der Waals surface area contributed by atoms with E-state index in [1.165, 1.54) is 11.8 Å². The zero-order valence-corrected chi connectivity index (χ0v) is 13.1. The standard InChI is InChI=1S/C18H16N2O4/c1-12(21)14-3-2-4-15(11-14)19-17(22)13-5-7-16(8-6-13)20-9-10-24-18(20)23/h2-8,11H,9-10H2,1H3,(H,19,22). The minimum atomic E-state index is -0.381. The van der Waals surface area contributed by atoms with Crippen molar-refractivity contribution in [3.8, 4) is 0 Å². The molecule has 6 heteroatoms. The number of ketones is 1. The summed E-state index contributed by atoms with van der Waals surface area (Å²) in [5.41, 5.74) is 2.24. The van der Waals surface area contributed by atoms with Gasteiger partial charge in [-0.3, -0.25) is 14.5 Å². The van der Waals surface area contributed by atoms with Crippen molar-refractivity contribution in [1.29, 1.82) is 0 Å². The zero-order valence-electron chi connectivity index (χ0n) is 13.1. The van der Waals surface area contributed by atoms with E-state index in [4.69, 9.17) is 4.74 Å². The lowest BCUT2D eigenvalue weighted by Gasteiger charge is -2.13. The molecule has 1 N–H and O–H groups in total. The number of nitrogens with one attached hydrogen (secondary N) is 1. The van der Waals surface area contributed by atoms with Crippen LogP contribution in [0.2, 0.25) is 0 Å². The molecule has 0 atom stereocenters. The summed E-state index contributed by atoms with van der Waals surface area (Å²) in [7, 11) is 0. The van der Waals surface area contributed by atoms with Crippen molar-refractivity contribution in [2.75, 3.05) is 23.4 Å². The second kappa shape index (κ2) is 6.54. The Labute approximate surface area is 139 Å². The molecule has 1 aliphatic rings. The van der Waals surface area contributed by atoms with Gasteiger partial charge in [0.05, 0.1) is 6.54 Å². The third kappa shape index (κ3) is 3.27. The Bertz CT molecular complexity index is 799. The SMILES string of the molecule is CC(=O)c1cccc(NC(=O)c2ccc(N3CCOC3=O)cc2)c1. The number of rotatable bonds is 4. The van der Waals surface area contributed by atoms with Crippen molar-refractivity contribution in [2.24, 2.45) is 0 Å². The zero-order chi connectivity index (χ0) is 17.1. The van der Waals surface area contributed by atoms with Crippen LogP contribution in [0.15, 0.2) is 48.5 Å². The number of amides is 2. The molecular formula is C18H16N2O4. The summed E-state index contributed by atoms with van der Waals surface area (Å²) in [5, 5.41) is 2.75. The Kier molecular flexibility index (Phi) is 4.29. The molecule has 0 aromatic heterocycles. The lowest BCUT2D eigenvalue weighted by Crippen LogP contribution is -2.23. The summed E-state index contributed by atoms with van der Waals surface area (Å²) in [6.07, 6.45) is -0.381. The average Bonchev–Trinajstić information content (AvgIpc) is 3.01. The number of benzene rings is 2. The Balaban J connectivity index is 1.72. The molecule has 122 valence electrons. The number of hydrogen-bond donors (Lipinski definition) is 1. The number of carbonyl (C=O) groups is 3. The minimum absolute atomic E-state index is 0.0621. The second-order valence-electron chi connectivity index (χ2n) is 5.40. The maximum Gasteiger partial charge on any atom is 0.414 e. The van der Waals surface area contributed by atoms with Gasteiger partial charge in [0.25, 0.3) is 5.91 Å². The van der Waals surface area contributed by atoms with Crippen molar-refractivity contribution < 1.29 is 19.1 Å². The largest absolute Gasteiger partial charge is 0.447 e. The first kappa shape index (κ1) is 15.7. The van der Waals surface area contributed by atoms with Crippen LogP contribution >= 0.6 is 0 Å². The normalized spacial score (nSPS) is 13.5. The molecule has 1 fully saturated rings. The van der Waals surface area contributed by atoms with Gasteiger partial charge in [0.15, 0.2) is 5.78 Å². The highest BCUT2D eigenvalue weighted by molar-refractivity contribution is 6.05. The number of ether oxygens (including phenoxy) is 1. The number of Topliss-reactive ketones (excluding diaryl/α,β-unsaturated/α-hetero) is 1. The number of hydrogen-bond acceptors (Lipinski definition) is 4. The van der Waals surface area contributed by atoms with E-state index in [1.807, 2.05) is 0 Å². The molecule has 24 heavy (non-hydrogen) atoms. The number of nitrogens with zero attached hydrogens (tertiary/aromatic N) is 1. The quantitative estimate of drug-likeness (QED) is 0.877. The molecule has 0 spiro atoms. The summed E-state index contributed by atoms with van der Waals surface area (Å²) in [6.45, 7) is 2.35. The minimum Gasteiger partial charge on any atom is -0.447 e.